The van der Waals surface area contributed by atoms with Crippen molar-refractivity contribution in [2.45, 2.75) is 13.0 Å². The summed E-state index contributed by atoms with van der Waals surface area (Å²) in [5.74, 6) is -0.909. The van der Waals surface area contributed by atoms with Gasteiger partial charge in [0.1, 0.15) is 6.33 Å². The first kappa shape index (κ1) is 14.4. The Morgan fingerprint density at radius 1 is 1.10 bits per heavy atom. The van der Waals surface area contributed by atoms with E-state index in [1.807, 2.05) is 0 Å². The summed E-state index contributed by atoms with van der Waals surface area (Å²) in [4.78, 5) is 30.1. The molecule has 1 aromatic carbocycles. The number of carboxylic acid groups (broad SMARTS) is 1. The predicted molar refractivity (Wildman–Crippen MR) is 75.7 cm³/mol. The smallest absolute Gasteiger partial charge is 0.319 e. The molecular formula is C14H14N4O3. The summed E-state index contributed by atoms with van der Waals surface area (Å²) < 4.78 is 0. The van der Waals surface area contributed by atoms with E-state index in [2.05, 4.69) is 20.6 Å². The third-order valence-electron chi connectivity index (χ3n) is 2.72. The average molecular weight is 286 g/mol. The molecule has 1 aromatic heterocycles. The van der Waals surface area contributed by atoms with Crippen LogP contribution in [0.2, 0.25) is 0 Å². The summed E-state index contributed by atoms with van der Waals surface area (Å²) in [6.07, 6.45) is 4.24. The van der Waals surface area contributed by atoms with E-state index in [1.165, 1.54) is 18.7 Å². The Kier molecular flexibility index (Phi) is 4.81. The molecule has 2 rings (SSSR count). The van der Waals surface area contributed by atoms with Gasteiger partial charge < -0.3 is 15.7 Å². The summed E-state index contributed by atoms with van der Waals surface area (Å²) in [6, 6.07) is 6.67. The Hall–Kier alpha value is -2.96. The van der Waals surface area contributed by atoms with Crippen molar-refractivity contribution >= 4 is 17.7 Å². The molecule has 0 fully saturated rings. The molecule has 21 heavy (non-hydrogen) atoms. The van der Waals surface area contributed by atoms with Crippen LogP contribution in [0.1, 0.15) is 11.1 Å². The van der Waals surface area contributed by atoms with Crippen molar-refractivity contribution in [1.82, 2.24) is 15.3 Å². The van der Waals surface area contributed by atoms with Crippen molar-refractivity contribution in [3.8, 4) is 0 Å². The van der Waals surface area contributed by atoms with E-state index in [0.29, 0.717) is 11.3 Å². The summed E-state index contributed by atoms with van der Waals surface area (Å²) in [5.41, 5.74) is 1.92. The third-order valence-corrected chi connectivity index (χ3v) is 2.72. The number of nitrogens with zero attached hydrogens (tertiary/aromatic N) is 2. The molecule has 0 saturated carbocycles. The highest BCUT2D eigenvalue weighted by Gasteiger charge is 2.08. The lowest BCUT2D eigenvalue weighted by atomic mass is 10.0. The molecule has 0 aliphatic carbocycles. The van der Waals surface area contributed by atoms with Crippen LogP contribution in [0, 0.1) is 0 Å². The molecular weight excluding hydrogens is 272 g/mol. The van der Waals surface area contributed by atoms with Gasteiger partial charge in [0.15, 0.2) is 0 Å². The molecule has 3 N–H and O–H groups in total. The molecule has 0 saturated heterocycles. The van der Waals surface area contributed by atoms with Gasteiger partial charge in [-0.05, 0) is 11.1 Å². The molecule has 2 amide bonds. The van der Waals surface area contributed by atoms with Crippen LogP contribution in [-0.2, 0) is 17.8 Å². The van der Waals surface area contributed by atoms with E-state index < -0.39 is 12.0 Å². The molecule has 0 aliphatic heterocycles. The zero-order valence-corrected chi connectivity index (χ0v) is 11.1. The number of hydrogen-bond acceptors (Lipinski definition) is 4. The van der Waals surface area contributed by atoms with Crippen LogP contribution in [0.4, 0.5) is 10.5 Å². The fraction of sp³-hybridized carbons (Fsp3) is 0.143. The predicted octanol–water partition coefficient (Wildman–Crippen LogP) is 1.43. The highest BCUT2D eigenvalue weighted by Crippen LogP contribution is 2.09. The van der Waals surface area contributed by atoms with Crippen molar-refractivity contribution in [2.24, 2.45) is 0 Å². The Balaban J connectivity index is 1.93. The highest BCUT2D eigenvalue weighted by atomic mass is 16.4. The maximum absolute atomic E-state index is 11.7. The molecule has 0 spiro atoms. The number of hydrogen-bond donors (Lipinski definition) is 3. The Labute approximate surface area is 121 Å². The van der Waals surface area contributed by atoms with E-state index >= 15 is 0 Å². The lowest BCUT2D eigenvalue weighted by Crippen LogP contribution is -2.28. The van der Waals surface area contributed by atoms with Gasteiger partial charge in [0, 0.05) is 6.54 Å². The minimum Gasteiger partial charge on any atom is -0.481 e. The molecule has 1 heterocycles. The van der Waals surface area contributed by atoms with E-state index in [0.717, 1.165) is 5.56 Å². The second kappa shape index (κ2) is 6.99. The van der Waals surface area contributed by atoms with E-state index in [1.54, 1.807) is 24.3 Å². The monoisotopic (exact) mass is 286 g/mol. The van der Waals surface area contributed by atoms with Gasteiger partial charge in [-0.1, -0.05) is 24.3 Å². The van der Waals surface area contributed by atoms with E-state index in [-0.39, 0.29) is 13.0 Å². The summed E-state index contributed by atoms with van der Waals surface area (Å²) in [6.45, 7) is 0.239. The summed E-state index contributed by atoms with van der Waals surface area (Å²) >= 11 is 0. The Bertz CT molecular complexity index is 631. The normalized spacial score (nSPS) is 9.90. The largest absolute Gasteiger partial charge is 0.481 e. The van der Waals surface area contributed by atoms with Crippen molar-refractivity contribution in [1.29, 1.82) is 0 Å². The molecule has 7 nitrogen and oxygen atoms in total. The van der Waals surface area contributed by atoms with Crippen molar-refractivity contribution in [2.75, 3.05) is 5.32 Å². The van der Waals surface area contributed by atoms with Crippen LogP contribution in [0.15, 0.2) is 43.0 Å². The molecule has 7 heteroatoms. The maximum atomic E-state index is 11.7. The van der Waals surface area contributed by atoms with Gasteiger partial charge in [0.05, 0.1) is 24.5 Å². The SMILES string of the molecule is O=C(O)Cc1ccccc1CNC(=O)Nc1cncnc1. The number of amides is 2. The number of anilines is 1. The first-order valence-corrected chi connectivity index (χ1v) is 6.23. The topological polar surface area (TPSA) is 104 Å². The first-order chi connectivity index (χ1) is 10.1. The lowest BCUT2D eigenvalue weighted by molar-refractivity contribution is -0.136. The molecule has 0 unspecified atom stereocenters. The van der Waals surface area contributed by atoms with Crippen molar-refractivity contribution in [3.05, 3.63) is 54.1 Å². The van der Waals surface area contributed by atoms with Crippen LogP contribution in [0.25, 0.3) is 0 Å². The summed E-state index contributed by atoms with van der Waals surface area (Å²) in [7, 11) is 0. The van der Waals surface area contributed by atoms with Gasteiger partial charge in [0.25, 0.3) is 0 Å². The minimum absolute atomic E-state index is 0.0774. The quantitative estimate of drug-likeness (QED) is 0.771. The van der Waals surface area contributed by atoms with Crippen LogP contribution in [-0.4, -0.2) is 27.1 Å². The standard InChI is InChI=1S/C14H14N4O3/c19-13(20)5-10-3-1-2-4-11(10)6-17-14(21)18-12-7-15-9-16-8-12/h1-4,7-9H,5-6H2,(H,19,20)(H2,17,18,21). The number of aliphatic carboxylic acids is 1. The van der Waals surface area contributed by atoms with Gasteiger partial charge in [-0.25, -0.2) is 14.8 Å². The van der Waals surface area contributed by atoms with Gasteiger partial charge in [-0.15, -0.1) is 0 Å². The van der Waals surface area contributed by atoms with Gasteiger partial charge >= 0.3 is 12.0 Å². The van der Waals surface area contributed by atoms with Gasteiger partial charge in [0.2, 0.25) is 0 Å². The van der Waals surface area contributed by atoms with Crippen LogP contribution in [0.5, 0.6) is 0 Å². The lowest BCUT2D eigenvalue weighted by Gasteiger charge is -2.10. The summed E-state index contributed by atoms with van der Waals surface area (Å²) in [5, 5.41) is 14.1. The number of benzene rings is 1. The molecule has 108 valence electrons. The second-order valence-electron chi connectivity index (χ2n) is 4.27. The molecule has 0 atom stereocenters. The van der Waals surface area contributed by atoms with E-state index in [9.17, 15) is 9.59 Å². The molecule has 2 aromatic rings. The number of nitrogens with one attached hydrogen (secondary N) is 2. The molecule has 0 bridgehead atoms. The van der Waals surface area contributed by atoms with E-state index in [4.69, 9.17) is 5.11 Å². The molecule has 0 aliphatic rings. The van der Waals surface area contributed by atoms with Crippen LogP contribution >= 0.6 is 0 Å². The number of carboxylic acids is 1. The maximum Gasteiger partial charge on any atom is 0.319 e. The zero-order valence-electron chi connectivity index (χ0n) is 11.1. The minimum atomic E-state index is -0.909. The number of urea groups is 1. The highest BCUT2D eigenvalue weighted by molar-refractivity contribution is 5.88. The van der Waals surface area contributed by atoms with Crippen LogP contribution < -0.4 is 10.6 Å². The van der Waals surface area contributed by atoms with Gasteiger partial charge in [-0.3, -0.25) is 4.79 Å². The average Bonchev–Trinajstić information content (AvgIpc) is 2.47. The fourth-order valence-corrected chi connectivity index (χ4v) is 1.78. The number of carbonyl (C=O) groups is 2. The third kappa shape index (κ3) is 4.57. The Morgan fingerprint density at radius 2 is 1.76 bits per heavy atom. The number of rotatable bonds is 5. The van der Waals surface area contributed by atoms with Crippen molar-refractivity contribution in [3.63, 3.8) is 0 Å². The van der Waals surface area contributed by atoms with Gasteiger partial charge in [-0.2, -0.15) is 0 Å². The van der Waals surface area contributed by atoms with Crippen LogP contribution in [0.3, 0.4) is 0 Å². The first-order valence-electron chi connectivity index (χ1n) is 6.23. The number of carbonyl (C=O) groups excluding carboxylic acids is 1. The number of aromatic nitrogens is 2. The zero-order chi connectivity index (χ0) is 15.1. The Morgan fingerprint density at radius 3 is 2.43 bits per heavy atom. The fourth-order valence-electron chi connectivity index (χ4n) is 1.78. The second-order valence-corrected chi connectivity index (χ2v) is 4.27. The molecule has 0 radical (unpaired) electrons. The van der Waals surface area contributed by atoms with Crippen molar-refractivity contribution < 1.29 is 14.7 Å².